The first kappa shape index (κ1) is 10.7. The Balaban J connectivity index is 2.21. The lowest BCUT2D eigenvalue weighted by atomic mass is 10.2. The summed E-state index contributed by atoms with van der Waals surface area (Å²) in [5, 5.41) is 5.49. The highest BCUT2D eigenvalue weighted by molar-refractivity contribution is 7.27. The van der Waals surface area contributed by atoms with Crippen LogP contribution >= 0.6 is 22.7 Å². The second-order valence-corrected chi connectivity index (χ2v) is 5.41. The SMILES string of the molecule is C#CC(NCCC)c1cc2sccc2s1. The number of hydrogen-bond donors (Lipinski definition) is 1. The summed E-state index contributed by atoms with van der Waals surface area (Å²) in [6.07, 6.45) is 6.64. The Bertz CT molecular complexity index is 446. The number of nitrogens with one attached hydrogen (secondary N) is 1. The lowest BCUT2D eigenvalue weighted by Crippen LogP contribution is -2.19. The van der Waals surface area contributed by atoms with E-state index >= 15 is 0 Å². The zero-order chi connectivity index (χ0) is 10.7. The first-order valence-corrected chi connectivity index (χ1v) is 6.71. The fourth-order valence-electron chi connectivity index (χ4n) is 1.46. The molecule has 0 saturated carbocycles. The third-order valence-corrected chi connectivity index (χ3v) is 4.37. The molecule has 2 heterocycles. The van der Waals surface area contributed by atoms with Gasteiger partial charge in [0, 0.05) is 14.3 Å². The van der Waals surface area contributed by atoms with Gasteiger partial charge in [0.2, 0.25) is 0 Å². The van der Waals surface area contributed by atoms with Crippen LogP contribution in [0.2, 0.25) is 0 Å². The number of terminal acetylenes is 1. The molecule has 1 unspecified atom stereocenters. The zero-order valence-corrected chi connectivity index (χ0v) is 10.3. The fraction of sp³-hybridized carbons (Fsp3) is 0.333. The van der Waals surface area contributed by atoms with Gasteiger partial charge < -0.3 is 0 Å². The van der Waals surface area contributed by atoms with Gasteiger partial charge in [0.05, 0.1) is 0 Å². The third kappa shape index (κ3) is 2.23. The molecule has 2 aromatic heterocycles. The maximum Gasteiger partial charge on any atom is 0.104 e. The van der Waals surface area contributed by atoms with Crippen molar-refractivity contribution in [3.8, 4) is 12.3 Å². The topological polar surface area (TPSA) is 12.0 Å². The maximum atomic E-state index is 5.53. The summed E-state index contributed by atoms with van der Waals surface area (Å²) in [6, 6.07) is 4.44. The van der Waals surface area contributed by atoms with Crippen molar-refractivity contribution in [1.29, 1.82) is 0 Å². The van der Waals surface area contributed by atoms with Crippen molar-refractivity contribution in [2.24, 2.45) is 0 Å². The lowest BCUT2D eigenvalue weighted by molar-refractivity contribution is 0.634. The Morgan fingerprint density at radius 2 is 2.40 bits per heavy atom. The monoisotopic (exact) mass is 235 g/mol. The van der Waals surface area contributed by atoms with E-state index < -0.39 is 0 Å². The van der Waals surface area contributed by atoms with Gasteiger partial charge in [-0.05, 0) is 30.5 Å². The van der Waals surface area contributed by atoms with Crippen molar-refractivity contribution < 1.29 is 0 Å². The lowest BCUT2D eigenvalue weighted by Gasteiger charge is -2.09. The van der Waals surface area contributed by atoms with Crippen molar-refractivity contribution in [3.05, 3.63) is 22.4 Å². The van der Waals surface area contributed by atoms with Gasteiger partial charge in [0.15, 0.2) is 0 Å². The van der Waals surface area contributed by atoms with Crippen LogP contribution in [-0.4, -0.2) is 6.54 Å². The normalized spacial score (nSPS) is 12.8. The van der Waals surface area contributed by atoms with Crippen LogP contribution in [0, 0.1) is 12.3 Å². The second-order valence-electron chi connectivity index (χ2n) is 3.35. The first-order valence-electron chi connectivity index (χ1n) is 5.01. The van der Waals surface area contributed by atoms with Gasteiger partial charge in [-0.25, -0.2) is 0 Å². The molecule has 2 rings (SSSR count). The second kappa shape index (κ2) is 4.80. The molecule has 0 saturated heterocycles. The smallest absolute Gasteiger partial charge is 0.104 e. The Morgan fingerprint density at radius 1 is 1.53 bits per heavy atom. The molecule has 0 bridgehead atoms. The standard InChI is InChI=1S/C12H13NS2/c1-3-6-13-9(4-2)11-8-12-10(15-11)5-7-14-12/h2,5,7-9,13H,3,6H2,1H3. The van der Waals surface area contributed by atoms with E-state index in [0.717, 1.165) is 13.0 Å². The number of hydrogen-bond acceptors (Lipinski definition) is 3. The molecular formula is C12H13NS2. The summed E-state index contributed by atoms with van der Waals surface area (Å²) in [5.41, 5.74) is 0. The summed E-state index contributed by atoms with van der Waals surface area (Å²) in [5.74, 6) is 2.81. The average Bonchev–Trinajstić information content (AvgIpc) is 2.79. The molecule has 0 aliphatic heterocycles. The summed E-state index contributed by atoms with van der Waals surface area (Å²) >= 11 is 3.57. The van der Waals surface area contributed by atoms with E-state index in [1.807, 2.05) is 0 Å². The minimum absolute atomic E-state index is 0.0783. The largest absolute Gasteiger partial charge is 0.299 e. The first-order chi connectivity index (χ1) is 7.35. The summed E-state index contributed by atoms with van der Waals surface area (Å²) in [6.45, 7) is 3.12. The van der Waals surface area contributed by atoms with Gasteiger partial charge in [-0.3, -0.25) is 5.32 Å². The molecule has 78 valence electrons. The molecule has 2 aromatic rings. The molecule has 15 heavy (non-hydrogen) atoms. The van der Waals surface area contributed by atoms with E-state index in [1.165, 1.54) is 14.3 Å². The molecule has 0 radical (unpaired) electrons. The Labute approximate surface area is 98.1 Å². The maximum absolute atomic E-state index is 5.53. The summed E-state index contributed by atoms with van der Waals surface area (Å²) in [7, 11) is 0. The molecule has 0 aliphatic carbocycles. The van der Waals surface area contributed by atoms with E-state index in [2.05, 4.69) is 35.7 Å². The highest BCUT2D eigenvalue weighted by atomic mass is 32.1. The molecule has 0 amide bonds. The van der Waals surface area contributed by atoms with Crippen molar-refractivity contribution in [2.45, 2.75) is 19.4 Å². The molecule has 0 fully saturated rings. The zero-order valence-electron chi connectivity index (χ0n) is 8.62. The predicted octanol–water partition coefficient (Wildman–Crippen LogP) is 3.64. The van der Waals surface area contributed by atoms with Crippen LogP contribution in [-0.2, 0) is 0 Å². The highest BCUT2D eigenvalue weighted by Crippen LogP contribution is 2.33. The molecular weight excluding hydrogens is 222 g/mol. The van der Waals surface area contributed by atoms with Gasteiger partial charge in [-0.2, -0.15) is 0 Å². The van der Waals surface area contributed by atoms with Crippen LogP contribution < -0.4 is 5.32 Å². The van der Waals surface area contributed by atoms with Crippen LogP contribution in [0.25, 0.3) is 9.40 Å². The van der Waals surface area contributed by atoms with Crippen LogP contribution in [0.1, 0.15) is 24.3 Å². The molecule has 3 heteroatoms. The Morgan fingerprint density at radius 3 is 3.07 bits per heavy atom. The van der Waals surface area contributed by atoms with Crippen molar-refractivity contribution in [2.75, 3.05) is 6.54 Å². The number of thiophene rings is 2. The number of rotatable bonds is 4. The van der Waals surface area contributed by atoms with Gasteiger partial charge in [-0.15, -0.1) is 29.1 Å². The van der Waals surface area contributed by atoms with Crippen molar-refractivity contribution in [1.82, 2.24) is 5.32 Å². The van der Waals surface area contributed by atoms with Crippen LogP contribution in [0.5, 0.6) is 0 Å². The highest BCUT2D eigenvalue weighted by Gasteiger charge is 2.11. The quantitative estimate of drug-likeness (QED) is 0.798. The van der Waals surface area contributed by atoms with E-state index in [4.69, 9.17) is 6.42 Å². The molecule has 1 N–H and O–H groups in total. The van der Waals surface area contributed by atoms with E-state index in [9.17, 15) is 0 Å². The third-order valence-electron chi connectivity index (χ3n) is 2.21. The molecule has 1 nitrogen and oxygen atoms in total. The Kier molecular flexibility index (Phi) is 3.42. The van der Waals surface area contributed by atoms with Crippen LogP contribution in [0.15, 0.2) is 17.5 Å². The summed E-state index contributed by atoms with van der Waals surface area (Å²) in [4.78, 5) is 1.26. The van der Waals surface area contributed by atoms with Crippen LogP contribution in [0.4, 0.5) is 0 Å². The summed E-state index contributed by atoms with van der Waals surface area (Å²) < 4.78 is 2.68. The minimum atomic E-state index is 0.0783. The molecule has 1 atom stereocenters. The van der Waals surface area contributed by atoms with E-state index in [0.29, 0.717) is 0 Å². The molecule has 0 aliphatic rings. The van der Waals surface area contributed by atoms with Gasteiger partial charge in [0.1, 0.15) is 6.04 Å². The fourth-order valence-corrected chi connectivity index (χ4v) is 3.61. The predicted molar refractivity (Wildman–Crippen MR) is 69.6 cm³/mol. The van der Waals surface area contributed by atoms with Crippen LogP contribution in [0.3, 0.4) is 0 Å². The van der Waals surface area contributed by atoms with Gasteiger partial charge >= 0.3 is 0 Å². The van der Waals surface area contributed by atoms with E-state index in [-0.39, 0.29) is 6.04 Å². The molecule has 0 spiro atoms. The van der Waals surface area contributed by atoms with Gasteiger partial charge in [0.25, 0.3) is 0 Å². The average molecular weight is 235 g/mol. The van der Waals surface area contributed by atoms with E-state index in [1.54, 1.807) is 22.7 Å². The van der Waals surface area contributed by atoms with Crippen molar-refractivity contribution in [3.63, 3.8) is 0 Å². The Hall–Kier alpha value is -0.820. The van der Waals surface area contributed by atoms with Crippen molar-refractivity contribution >= 4 is 32.1 Å². The molecule has 0 aromatic carbocycles. The minimum Gasteiger partial charge on any atom is -0.299 e. The van der Waals surface area contributed by atoms with Gasteiger partial charge in [-0.1, -0.05) is 12.8 Å². The number of fused-ring (bicyclic) bond motifs is 1.